The fourth-order valence-electron chi connectivity index (χ4n) is 3.48. The van der Waals surface area contributed by atoms with Gasteiger partial charge in [-0.3, -0.25) is 9.59 Å². The summed E-state index contributed by atoms with van der Waals surface area (Å²) in [4.78, 5) is 42.5. The van der Waals surface area contributed by atoms with Crippen LogP contribution in [0, 0.1) is 6.92 Å². The van der Waals surface area contributed by atoms with E-state index in [1.54, 1.807) is 30.3 Å². The van der Waals surface area contributed by atoms with Crippen LogP contribution in [0.15, 0.2) is 59.4 Å². The Kier molecular flexibility index (Phi) is 6.28. The number of esters is 1. The molecule has 0 aliphatic heterocycles. The van der Waals surface area contributed by atoms with Crippen molar-refractivity contribution in [1.29, 1.82) is 0 Å². The molecule has 5 rings (SSSR count). The molecule has 1 aliphatic rings. The molecule has 1 aliphatic carbocycles. The van der Waals surface area contributed by atoms with Gasteiger partial charge in [0.2, 0.25) is 4.96 Å². The Labute approximate surface area is 204 Å². The predicted molar refractivity (Wildman–Crippen MR) is 130 cm³/mol. The van der Waals surface area contributed by atoms with E-state index in [4.69, 9.17) is 9.47 Å². The van der Waals surface area contributed by atoms with Crippen molar-refractivity contribution < 1.29 is 19.1 Å². The van der Waals surface area contributed by atoms with E-state index in [-0.39, 0.29) is 24.3 Å². The highest BCUT2D eigenvalue weighted by Crippen LogP contribution is 2.41. The average molecular weight is 491 g/mol. The molecule has 10 heteroatoms. The number of hydrogen-bond donors (Lipinski definition) is 1. The number of amides is 1. The van der Waals surface area contributed by atoms with Gasteiger partial charge in [-0.2, -0.15) is 9.61 Å². The lowest BCUT2D eigenvalue weighted by Crippen LogP contribution is -2.22. The van der Waals surface area contributed by atoms with Gasteiger partial charge >= 0.3 is 5.97 Å². The van der Waals surface area contributed by atoms with E-state index in [2.05, 4.69) is 15.4 Å². The molecule has 0 atom stereocenters. The third-order valence-corrected chi connectivity index (χ3v) is 6.54. The van der Waals surface area contributed by atoms with Gasteiger partial charge in [0, 0.05) is 12.0 Å². The molecule has 0 saturated heterocycles. The van der Waals surface area contributed by atoms with E-state index in [0.29, 0.717) is 28.0 Å². The Balaban J connectivity index is 1.23. The number of nitrogens with zero attached hydrogens (tertiary/aromatic N) is 3. The lowest BCUT2D eigenvalue weighted by atomic mass is 10.2. The number of fused-ring (bicyclic) bond motifs is 1. The van der Waals surface area contributed by atoms with Crippen molar-refractivity contribution in [3.05, 3.63) is 86.8 Å². The monoisotopic (exact) mass is 490 g/mol. The van der Waals surface area contributed by atoms with Crippen LogP contribution in [0.2, 0.25) is 0 Å². The normalized spacial score (nSPS) is 12.9. The van der Waals surface area contributed by atoms with Gasteiger partial charge in [0.25, 0.3) is 11.5 Å². The molecular weight excluding hydrogens is 468 g/mol. The van der Waals surface area contributed by atoms with E-state index >= 15 is 0 Å². The van der Waals surface area contributed by atoms with Gasteiger partial charge in [0.15, 0.2) is 6.61 Å². The zero-order chi connectivity index (χ0) is 24.4. The van der Waals surface area contributed by atoms with Crippen LogP contribution in [0.3, 0.4) is 0 Å². The summed E-state index contributed by atoms with van der Waals surface area (Å²) in [5.74, 6) is -0.0341. The Hall–Kier alpha value is -4.05. The summed E-state index contributed by atoms with van der Waals surface area (Å²) in [5.41, 5.74) is 1.42. The number of rotatable bonds is 8. The summed E-state index contributed by atoms with van der Waals surface area (Å²) in [5, 5.41) is 7.93. The van der Waals surface area contributed by atoms with Gasteiger partial charge in [-0.15, -0.1) is 0 Å². The number of anilines is 1. The standard InChI is InChI=1S/C25H22N4O5S/c1-15-6-2-5-9-20(15)33-14-21(30)27-19-8-4-3-7-18(19)24(32)34-13-17-12-22(31)29-25(26-17)35-23(28-29)16-10-11-16/h2-9,12,16H,10-11,13-14H2,1H3,(H,27,30). The predicted octanol–water partition coefficient (Wildman–Crippen LogP) is 3.71. The van der Waals surface area contributed by atoms with E-state index in [9.17, 15) is 14.4 Å². The number of ether oxygens (including phenoxy) is 2. The van der Waals surface area contributed by atoms with Crippen molar-refractivity contribution in [2.75, 3.05) is 11.9 Å². The minimum Gasteiger partial charge on any atom is -0.483 e. The number of benzene rings is 2. The molecule has 1 fully saturated rings. The largest absolute Gasteiger partial charge is 0.483 e. The molecule has 4 aromatic rings. The number of para-hydroxylation sites is 2. The van der Waals surface area contributed by atoms with Gasteiger partial charge < -0.3 is 14.8 Å². The van der Waals surface area contributed by atoms with Gasteiger partial charge in [0.05, 0.1) is 16.9 Å². The molecule has 0 radical (unpaired) electrons. The maximum absolute atomic E-state index is 12.8. The molecule has 1 amide bonds. The van der Waals surface area contributed by atoms with E-state index in [1.165, 1.54) is 21.9 Å². The molecule has 2 aromatic carbocycles. The van der Waals surface area contributed by atoms with Gasteiger partial charge in [-0.1, -0.05) is 41.7 Å². The van der Waals surface area contributed by atoms with Crippen LogP contribution in [-0.4, -0.2) is 33.1 Å². The molecule has 178 valence electrons. The highest BCUT2D eigenvalue weighted by atomic mass is 32.1. The van der Waals surface area contributed by atoms with Crippen LogP contribution in [0.4, 0.5) is 5.69 Å². The molecular formula is C25H22N4O5S. The summed E-state index contributed by atoms with van der Waals surface area (Å²) < 4.78 is 12.3. The summed E-state index contributed by atoms with van der Waals surface area (Å²) in [6, 6.07) is 15.2. The molecule has 2 heterocycles. The van der Waals surface area contributed by atoms with Crippen LogP contribution < -0.4 is 15.6 Å². The maximum atomic E-state index is 12.8. The van der Waals surface area contributed by atoms with E-state index < -0.39 is 11.9 Å². The molecule has 35 heavy (non-hydrogen) atoms. The summed E-state index contributed by atoms with van der Waals surface area (Å²) in [6.07, 6.45) is 2.15. The van der Waals surface area contributed by atoms with Crippen molar-refractivity contribution >= 4 is 33.9 Å². The van der Waals surface area contributed by atoms with Gasteiger partial charge in [-0.05, 0) is 43.5 Å². The fourth-order valence-corrected chi connectivity index (χ4v) is 4.57. The van der Waals surface area contributed by atoms with Crippen molar-refractivity contribution in [3.63, 3.8) is 0 Å². The lowest BCUT2D eigenvalue weighted by Gasteiger charge is -2.12. The van der Waals surface area contributed by atoms with Crippen LogP contribution in [0.1, 0.15) is 45.4 Å². The van der Waals surface area contributed by atoms with E-state index in [0.717, 1.165) is 23.4 Å². The second-order valence-corrected chi connectivity index (χ2v) is 9.21. The maximum Gasteiger partial charge on any atom is 0.340 e. The van der Waals surface area contributed by atoms with Gasteiger partial charge in [-0.25, -0.2) is 9.78 Å². The molecule has 0 unspecified atom stereocenters. The third kappa shape index (κ3) is 5.22. The minimum atomic E-state index is -0.648. The molecule has 2 aromatic heterocycles. The first-order valence-corrected chi connectivity index (χ1v) is 11.9. The average Bonchev–Trinajstić information content (AvgIpc) is 3.61. The first-order valence-electron chi connectivity index (χ1n) is 11.1. The molecule has 9 nitrogen and oxygen atoms in total. The third-order valence-electron chi connectivity index (χ3n) is 5.46. The molecule has 0 spiro atoms. The second-order valence-electron chi connectivity index (χ2n) is 8.22. The highest BCUT2D eigenvalue weighted by Gasteiger charge is 2.28. The quantitative estimate of drug-likeness (QED) is 0.375. The summed E-state index contributed by atoms with van der Waals surface area (Å²) in [6.45, 7) is 1.50. The first-order chi connectivity index (χ1) is 17.0. The van der Waals surface area contributed by atoms with Crippen LogP contribution in [0.5, 0.6) is 5.75 Å². The van der Waals surface area contributed by atoms with Crippen molar-refractivity contribution in [2.45, 2.75) is 32.3 Å². The van der Waals surface area contributed by atoms with Crippen molar-refractivity contribution in [3.8, 4) is 5.75 Å². The summed E-state index contributed by atoms with van der Waals surface area (Å²) in [7, 11) is 0. The number of carbonyl (C=O) groups is 2. The number of nitrogens with one attached hydrogen (secondary N) is 1. The molecule has 0 bridgehead atoms. The topological polar surface area (TPSA) is 112 Å². The SMILES string of the molecule is Cc1ccccc1OCC(=O)Nc1ccccc1C(=O)OCc1cc(=O)n2nc(C3CC3)sc2n1. The zero-order valence-corrected chi connectivity index (χ0v) is 19.7. The zero-order valence-electron chi connectivity index (χ0n) is 18.9. The molecule has 1 saturated carbocycles. The Morgan fingerprint density at radius 2 is 1.91 bits per heavy atom. The Morgan fingerprint density at radius 3 is 2.71 bits per heavy atom. The fraction of sp³-hybridized carbons (Fsp3) is 0.240. The minimum absolute atomic E-state index is 0.181. The van der Waals surface area contributed by atoms with Crippen LogP contribution in [0.25, 0.3) is 4.96 Å². The number of aromatic nitrogens is 3. The van der Waals surface area contributed by atoms with E-state index in [1.807, 2.05) is 25.1 Å². The Morgan fingerprint density at radius 1 is 1.14 bits per heavy atom. The number of hydrogen-bond acceptors (Lipinski definition) is 8. The Bertz CT molecular complexity index is 1470. The van der Waals surface area contributed by atoms with Crippen molar-refractivity contribution in [2.24, 2.45) is 0 Å². The molecule has 1 N–H and O–H groups in total. The van der Waals surface area contributed by atoms with Gasteiger partial charge in [0.1, 0.15) is 17.4 Å². The van der Waals surface area contributed by atoms with Crippen molar-refractivity contribution in [1.82, 2.24) is 14.6 Å². The highest BCUT2D eigenvalue weighted by molar-refractivity contribution is 7.16. The first kappa shape index (κ1) is 22.7. The number of carbonyl (C=O) groups excluding carboxylic acids is 2. The lowest BCUT2D eigenvalue weighted by molar-refractivity contribution is -0.118. The smallest absolute Gasteiger partial charge is 0.340 e. The summed E-state index contributed by atoms with van der Waals surface area (Å²) >= 11 is 1.38. The van der Waals surface area contributed by atoms with Crippen LogP contribution in [-0.2, 0) is 16.1 Å². The second kappa shape index (κ2) is 9.67. The van der Waals surface area contributed by atoms with Crippen LogP contribution >= 0.6 is 11.3 Å². The number of aryl methyl sites for hydroxylation is 1.